The van der Waals surface area contributed by atoms with Gasteiger partial charge in [-0.15, -0.1) is 0 Å². The zero-order valence-electron chi connectivity index (χ0n) is 16.5. The third-order valence-electron chi connectivity index (χ3n) is 4.46. The lowest BCUT2D eigenvalue weighted by atomic mass is 10.0. The summed E-state index contributed by atoms with van der Waals surface area (Å²) in [6.07, 6.45) is 1.50. The van der Waals surface area contributed by atoms with Gasteiger partial charge in [0.15, 0.2) is 11.6 Å². The molecule has 0 atom stereocenters. The van der Waals surface area contributed by atoms with Gasteiger partial charge in [-0.05, 0) is 42.5 Å². The Morgan fingerprint density at radius 1 is 1.13 bits per heavy atom. The number of anilines is 1. The molecule has 0 aliphatic rings. The fourth-order valence-electron chi connectivity index (χ4n) is 2.81. The van der Waals surface area contributed by atoms with Crippen LogP contribution < -0.4 is 15.8 Å². The Balaban J connectivity index is 1.84. The van der Waals surface area contributed by atoms with Crippen LogP contribution in [0.15, 0.2) is 65.9 Å². The molecule has 0 spiro atoms. The number of methoxy groups -OCH3 is 1. The number of benzene rings is 2. The first kappa shape index (κ1) is 21.8. The summed E-state index contributed by atoms with van der Waals surface area (Å²) in [7, 11) is 1.49. The van der Waals surface area contributed by atoms with Gasteiger partial charge in [-0.3, -0.25) is 14.6 Å². The predicted molar refractivity (Wildman–Crippen MR) is 117 cm³/mol. The molecule has 0 aliphatic carbocycles. The number of halogens is 1. The lowest BCUT2D eigenvalue weighted by Gasteiger charge is -2.12. The van der Waals surface area contributed by atoms with E-state index in [1.165, 1.54) is 25.4 Å². The van der Waals surface area contributed by atoms with Gasteiger partial charge in [0.05, 0.1) is 24.2 Å². The van der Waals surface area contributed by atoms with Crippen LogP contribution in [0.25, 0.3) is 0 Å². The summed E-state index contributed by atoms with van der Waals surface area (Å²) >= 11 is 5.84. The van der Waals surface area contributed by atoms with Crippen LogP contribution in [0.4, 0.5) is 5.69 Å². The fraction of sp³-hybridized carbons (Fsp3) is 0.0909. The lowest BCUT2D eigenvalue weighted by molar-refractivity contribution is 0.0992. The number of ether oxygens (including phenoxy) is 1. The van der Waals surface area contributed by atoms with E-state index in [0.29, 0.717) is 33.3 Å². The molecule has 1 amide bonds. The second-order valence-electron chi connectivity index (χ2n) is 6.50. The van der Waals surface area contributed by atoms with Crippen molar-refractivity contribution in [2.24, 2.45) is 10.9 Å². The van der Waals surface area contributed by atoms with Gasteiger partial charge in [0.2, 0.25) is 0 Å². The summed E-state index contributed by atoms with van der Waals surface area (Å²) in [5.74, 6) is -0.250. The maximum atomic E-state index is 12.9. The second-order valence-corrected chi connectivity index (χ2v) is 6.93. The molecule has 0 aliphatic heterocycles. The van der Waals surface area contributed by atoms with Crippen molar-refractivity contribution in [1.29, 1.82) is 0 Å². The van der Waals surface area contributed by atoms with Gasteiger partial charge in [0, 0.05) is 28.6 Å². The van der Waals surface area contributed by atoms with Crippen LogP contribution in [0, 0.1) is 0 Å². The van der Waals surface area contributed by atoms with E-state index in [1.54, 1.807) is 42.5 Å². The molecular weight excluding hydrogens is 420 g/mol. The van der Waals surface area contributed by atoms with Crippen molar-refractivity contribution >= 4 is 34.8 Å². The molecule has 0 fully saturated rings. The van der Waals surface area contributed by atoms with Crippen LogP contribution in [0.1, 0.15) is 32.0 Å². The standard InChI is InChI=1S/C22H19ClN4O4/c1-31-17-8-9-19(18(11-17)20(28)10-16-7-6-15(23)12-25-16)26-22(29)14-4-2-13(3-5-14)21(24)27-30/h2-9,11-12,30H,10H2,1H3,(H2,24,27)(H,26,29). The molecule has 0 saturated heterocycles. The van der Waals surface area contributed by atoms with E-state index < -0.39 is 5.91 Å². The summed E-state index contributed by atoms with van der Waals surface area (Å²) < 4.78 is 5.22. The maximum absolute atomic E-state index is 12.9. The van der Waals surface area contributed by atoms with E-state index in [9.17, 15) is 9.59 Å². The van der Waals surface area contributed by atoms with Crippen LogP contribution in [0.2, 0.25) is 5.02 Å². The SMILES string of the molecule is COc1ccc(NC(=O)c2ccc(/C(N)=N/O)cc2)c(C(=O)Cc2ccc(Cl)cn2)c1. The minimum absolute atomic E-state index is 0.0294. The van der Waals surface area contributed by atoms with E-state index in [1.807, 2.05) is 0 Å². The molecule has 0 bridgehead atoms. The third-order valence-corrected chi connectivity index (χ3v) is 4.68. The Bertz CT molecular complexity index is 1130. The van der Waals surface area contributed by atoms with Crippen LogP contribution in [0.3, 0.4) is 0 Å². The Kier molecular flexibility index (Phi) is 6.84. The van der Waals surface area contributed by atoms with E-state index in [4.69, 9.17) is 27.3 Å². The summed E-state index contributed by atoms with van der Waals surface area (Å²) in [6.45, 7) is 0. The van der Waals surface area contributed by atoms with Gasteiger partial charge in [-0.25, -0.2) is 0 Å². The number of amidine groups is 1. The highest BCUT2D eigenvalue weighted by Gasteiger charge is 2.17. The average molecular weight is 439 g/mol. The number of hydrogen-bond acceptors (Lipinski definition) is 6. The number of aromatic nitrogens is 1. The smallest absolute Gasteiger partial charge is 0.255 e. The number of nitrogens with zero attached hydrogens (tertiary/aromatic N) is 2. The topological polar surface area (TPSA) is 127 Å². The number of rotatable bonds is 7. The molecule has 0 saturated carbocycles. The molecule has 3 aromatic rings. The van der Waals surface area contributed by atoms with E-state index in [2.05, 4.69) is 15.5 Å². The number of pyridine rings is 1. The van der Waals surface area contributed by atoms with Crippen molar-refractivity contribution < 1.29 is 19.5 Å². The van der Waals surface area contributed by atoms with Crippen LogP contribution >= 0.6 is 11.6 Å². The van der Waals surface area contributed by atoms with Gasteiger partial charge in [0.1, 0.15) is 5.75 Å². The number of Topliss-reactive ketones (excluding diaryl/α,β-unsaturated/α-hetero) is 1. The number of nitrogens with one attached hydrogen (secondary N) is 1. The van der Waals surface area contributed by atoms with Gasteiger partial charge in [-0.1, -0.05) is 28.9 Å². The summed E-state index contributed by atoms with van der Waals surface area (Å²) in [4.78, 5) is 29.8. The number of hydrogen-bond donors (Lipinski definition) is 3. The Labute approximate surface area is 183 Å². The molecule has 31 heavy (non-hydrogen) atoms. The van der Waals surface area contributed by atoms with Crippen LogP contribution in [-0.2, 0) is 6.42 Å². The molecular formula is C22H19ClN4O4. The summed E-state index contributed by atoms with van der Waals surface area (Å²) in [6, 6.07) is 14.3. The van der Waals surface area contributed by atoms with Gasteiger partial charge < -0.3 is 21.0 Å². The molecule has 158 valence electrons. The minimum Gasteiger partial charge on any atom is -0.497 e. The number of amides is 1. The lowest BCUT2D eigenvalue weighted by Crippen LogP contribution is -2.17. The predicted octanol–water partition coefficient (Wildman–Crippen LogP) is 3.52. The van der Waals surface area contributed by atoms with Crippen molar-refractivity contribution in [2.45, 2.75) is 6.42 Å². The molecule has 0 radical (unpaired) electrons. The molecule has 2 aromatic carbocycles. The third kappa shape index (κ3) is 5.37. The number of nitrogens with two attached hydrogens (primary N) is 1. The molecule has 3 rings (SSSR count). The summed E-state index contributed by atoms with van der Waals surface area (Å²) in [5, 5.41) is 14.9. The number of carbonyl (C=O) groups excluding carboxylic acids is 2. The zero-order valence-corrected chi connectivity index (χ0v) is 17.3. The van der Waals surface area contributed by atoms with Crippen molar-refractivity contribution in [3.63, 3.8) is 0 Å². The summed E-state index contributed by atoms with van der Waals surface area (Å²) in [5.41, 5.74) is 7.51. The van der Waals surface area contributed by atoms with E-state index >= 15 is 0 Å². The fourth-order valence-corrected chi connectivity index (χ4v) is 2.92. The molecule has 0 unspecified atom stereocenters. The van der Waals surface area contributed by atoms with Gasteiger partial charge >= 0.3 is 0 Å². The Morgan fingerprint density at radius 3 is 2.45 bits per heavy atom. The highest BCUT2D eigenvalue weighted by molar-refractivity contribution is 6.30. The first-order valence-electron chi connectivity index (χ1n) is 9.12. The first-order valence-corrected chi connectivity index (χ1v) is 9.50. The van der Waals surface area contributed by atoms with Gasteiger partial charge in [-0.2, -0.15) is 0 Å². The normalized spacial score (nSPS) is 11.1. The highest BCUT2D eigenvalue weighted by Crippen LogP contribution is 2.24. The number of oxime groups is 1. The van der Waals surface area contributed by atoms with Crippen molar-refractivity contribution in [1.82, 2.24) is 4.98 Å². The average Bonchev–Trinajstić information content (AvgIpc) is 2.80. The van der Waals surface area contributed by atoms with Gasteiger partial charge in [0.25, 0.3) is 5.91 Å². The van der Waals surface area contributed by atoms with Crippen molar-refractivity contribution in [3.8, 4) is 5.75 Å². The zero-order chi connectivity index (χ0) is 22.4. The van der Waals surface area contributed by atoms with Crippen LogP contribution in [0.5, 0.6) is 5.75 Å². The Hall–Kier alpha value is -3.91. The maximum Gasteiger partial charge on any atom is 0.255 e. The second kappa shape index (κ2) is 9.73. The van der Waals surface area contributed by atoms with Crippen LogP contribution in [-0.4, -0.2) is 34.8 Å². The molecule has 1 heterocycles. The number of ketones is 1. The van der Waals surface area contributed by atoms with E-state index in [0.717, 1.165) is 0 Å². The highest BCUT2D eigenvalue weighted by atomic mass is 35.5. The van der Waals surface area contributed by atoms with E-state index in [-0.39, 0.29) is 23.6 Å². The molecule has 9 heteroatoms. The van der Waals surface area contributed by atoms with Crippen molar-refractivity contribution in [2.75, 3.05) is 12.4 Å². The monoisotopic (exact) mass is 438 g/mol. The van der Waals surface area contributed by atoms with Crippen molar-refractivity contribution in [3.05, 3.63) is 88.2 Å². The minimum atomic E-state index is -0.421. The first-order chi connectivity index (χ1) is 14.9. The molecule has 8 nitrogen and oxygen atoms in total. The largest absolute Gasteiger partial charge is 0.497 e. The quantitative estimate of drug-likeness (QED) is 0.170. The Morgan fingerprint density at radius 2 is 1.84 bits per heavy atom. The molecule has 4 N–H and O–H groups in total. The number of carbonyl (C=O) groups is 2. The molecule has 1 aromatic heterocycles.